The highest BCUT2D eigenvalue weighted by Gasteiger charge is 2.47. The maximum absolute atomic E-state index is 12.8. The van der Waals surface area contributed by atoms with Gasteiger partial charge in [-0.2, -0.15) is 0 Å². The van der Waals surface area contributed by atoms with Crippen LogP contribution < -0.4 is 16.1 Å². The molecule has 0 spiro atoms. The topological polar surface area (TPSA) is 52.3 Å². The molecule has 2 bridgehead atoms. The van der Waals surface area contributed by atoms with Gasteiger partial charge in [-0.1, -0.05) is 60.5 Å². The number of carbonyl (C=O) groups is 1. The number of halogens is 1. The lowest BCUT2D eigenvalue weighted by Gasteiger charge is -2.43. The minimum atomic E-state index is -2.28. The van der Waals surface area contributed by atoms with Gasteiger partial charge in [-0.15, -0.1) is 0 Å². The second kappa shape index (κ2) is 7.01. The number of benzene rings is 2. The van der Waals surface area contributed by atoms with E-state index in [4.69, 9.17) is 9.85 Å². The predicted molar refractivity (Wildman–Crippen MR) is 139 cm³/mol. The van der Waals surface area contributed by atoms with Gasteiger partial charge in [-0.05, 0) is 89.2 Å². The average Bonchev–Trinajstić information content (AvgIpc) is 2.96. The first-order chi connectivity index (χ1) is 14.1. The van der Waals surface area contributed by atoms with Crippen molar-refractivity contribution in [2.45, 2.75) is 65.7 Å². The van der Waals surface area contributed by atoms with Crippen LogP contribution in [0.1, 0.15) is 54.7 Å². The highest BCUT2D eigenvalue weighted by atomic mass is 79.9. The Kier molecular flexibility index (Phi) is 5.13. The number of carbonyl (C=O) groups excluding carboxylic acids is 1. The zero-order valence-corrected chi connectivity index (χ0v) is 23.4. The number of fused-ring (bicyclic) bond motifs is 3. The SMILES string of the molecule is CC1=Cc2cc(C(C)(C)C)cc(-c3c(C(N)=O)cc4c(Br)c3[Si](C)(C)O[Si]4(C)C)c2C1. The Morgan fingerprint density at radius 3 is 2.32 bits per heavy atom. The van der Waals surface area contributed by atoms with Crippen LogP contribution in [0.3, 0.4) is 0 Å². The average molecular weight is 515 g/mol. The van der Waals surface area contributed by atoms with Crippen LogP contribution in [0.2, 0.25) is 26.2 Å². The molecule has 2 aliphatic rings. The first-order valence-electron chi connectivity index (χ1n) is 10.9. The zero-order valence-electron chi connectivity index (χ0n) is 19.8. The van der Waals surface area contributed by atoms with Gasteiger partial charge in [0.2, 0.25) is 22.5 Å². The van der Waals surface area contributed by atoms with E-state index in [1.165, 1.54) is 27.5 Å². The molecule has 31 heavy (non-hydrogen) atoms. The van der Waals surface area contributed by atoms with Crippen LogP contribution in [0, 0.1) is 0 Å². The molecule has 1 aliphatic heterocycles. The van der Waals surface area contributed by atoms with E-state index in [0.717, 1.165) is 27.2 Å². The Hall–Kier alpha value is -1.48. The fraction of sp³-hybridized carbons (Fsp3) is 0.400. The zero-order chi connectivity index (χ0) is 23.1. The van der Waals surface area contributed by atoms with E-state index in [0.29, 0.717) is 5.56 Å². The smallest absolute Gasteiger partial charge is 0.249 e. The lowest BCUT2D eigenvalue weighted by molar-refractivity contribution is 0.100. The third-order valence-corrected chi connectivity index (χ3v) is 15.6. The molecule has 0 saturated heterocycles. The lowest BCUT2D eigenvalue weighted by atomic mass is 9.82. The summed E-state index contributed by atoms with van der Waals surface area (Å²) in [6, 6.07) is 6.60. The Morgan fingerprint density at radius 1 is 1.10 bits per heavy atom. The van der Waals surface area contributed by atoms with E-state index >= 15 is 0 Å². The molecule has 0 saturated carbocycles. The Labute approximate surface area is 196 Å². The first-order valence-corrected chi connectivity index (χ1v) is 17.5. The summed E-state index contributed by atoms with van der Waals surface area (Å²) in [5, 5.41) is 2.30. The number of rotatable bonds is 2. The van der Waals surface area contributed by atoms with Crippen LogP contribution in [0.25, 0.3) is 17.2 Å². The van der Waals surface area contributed by atoms with Crippen LogP contribution in [0.4, 0.5) is 0 Å². The monoisotopic (exact) mass is 513 g/mol. The largest absolute Gasteiger partial charge is 0.449 e. The standard InChI is InChI=1S/C25H32BrNO2Si2/c1-14-9-15-11-16(25(2,3)4)12-18(17(15)10-14)21-19(24(27)28)13-20-22(26)23(21)31(7,8)29-30(20,5)6/h9,11-13H,10H2,1-8H3,(H2,27,28). The molecule has 2 N–H and O–H groups in total. The first kappa shape index (κ1) is 22.7. The number of hydrogen-bond acceptors (Lipinski definition) is 2. The summed E-state index contributed by atoms with van der Waals surface area (Å²) in [4.78, 5) is 12.8. The van der Waals surface area contributed by atoms with Crippen molar-refractivity contribution in [2.24, 2.45) is 5.73 Å². The number of nitrogens with two attached hydrogens (primary N) is 1. The maximum Gasteiger partial charge on any atom is 0.249 e. The molecular formula is C25H32BrNO2Si2. The Morgan fingerprint density at radius 2 is 1.74 bits per heavy atom. The molecule has 0 atom stereocenters. The summed E-state index contributed by atoms with van der Waals surface area (Å²) in [5.74, 6) is -0.362. The van der Waals surface area contributed by atoms with Crippen LogP contribution in [-0.2, 0) is 16.0 Å². The van der Waals surface area contributed by atoms with E-state index in [-0.39, 0.29) is 11.3 Å². The maximum atomic E-state index is 12.8. The molecule has 6 heteroatoms. The van der Waals surface area contributed by atoms with Crippen molar-refractivity contribution in [3.05, 3.63) is 50.5 Å². The van der Waals surface area contributed by atoms with Crippen LogP contribution in [0.15, 0.2) is 28.2 Å². The van der Waals surface area contributed by atoms with Crippen molar-refractivity contribution in [3.63, 3.8) is 0 Å². The van der Waals surface area contributed by atoms with Gasteiger partial charge in [0.05, 0.1) is 0 Å². The summed E-state index contributed by atoms with van der Waals surface area (Å²) >= 11 is 3.95. The van der Waals surface area contributed by atoms with Crippen LogP contribution in [0.5, 0.6) is 0 Å². The molecule has 0 unspecified atom stereocenters. The third kappa shape index (κ3) is 3.61. The highest BCUT2D eigenvalue weighted by molar-refractivity contribution is 9.10. The van der Waals surface area contributed by atoms with Gasteiger partial charge in [0.15, 0.2) is 0 Å². The minimum Gasteiger partial charge on any atom is -0.449 e. The number of primary amides is 1. The van der Waals surface area contributed by atoms with E-state index in [1.54, 1.807) is 0 Å². The quantitative estimate of drug-likeness (QED) is 0.551. The molecule has 0 radical (unpaired) electrons. The van der Waals surface area contributed by atoms with E-state index < -0.39 is 16.6 Å². The van der Waals surface area contributed by atoms with Crippen molar-refractivity contribution in [1.29, 1.82) is 0 Å². The second-order valence-electron chi connectivity index (χ2n) is 11.0. The molecule has 0 aromatic heterocycles. The summed E-state index contributed by atoms with van der Waals surface area (Å²) in [7, 11) is -4.42. The van der Waals surface area contributed by atoms with Crippen molar-refractivity contribution in [3.8, 4) is 11.1 Å². The fourth-order valence-corrected chi connectivity index (χ4v) is 17.1. The van der Waals surface area contributed by atoms with Crippen LogP contribution >= 0.6 is 15.9 Å². The van der Waals surface area contributed by atoms with Gasteiger partial charge in [0, 0.05) is 10.0 Å². The van der Waals surface area contributed by atoms with E-state index in [1.807, 2.05) is 6.07 Å². The summed E-state index contributed by atoms with van der Waals surface area (Å²) < 4.78 is 7.97. The highest BCUT2D eigenvalue weighted by Crippen LogP contribution is 2.41. The molecular weight excluding hydrogens is 482 g/mol. The molecule has 4 rings (SSSR count). The molecule has 1 aliphatic carbocycles. The van der Waals surface area contributed by atoms with Crippen molar-refractivity contribution >= 4 is 54.9 Å². The summed E-state index contributed by atoms with van der Waals surface area (Å²) in [6.45, 7) is 17.8. The summed E-state index contributed by atoms with van der Waals surface area (Å²) in [5.41, 5.74) is 13.9. The second-order valence-corrected chi connectivity index (χ2v) is 19.7. The third-order valence-electron chi connectivity index (χ3n) is 6.57. The number of allylic oxidation sites excluding steroid dienone is 1. The molecule has 1 amide bonds. The predicted octanol–water partition coefficient (Wildman–Crippen LogP) is 5.33. The molecule has 1 heterocycles. The molecule has 0 fully saturated rings. The van der Waals surface area contributed by atoms with Crippen molar-refractivity contribution < 1.29 is 8.91 Å². The van der Waals surface area contributed by atoms with E-state index in [9.17, 15) is 4.79 Å². The molecule has 3 nitrogen and oxygen atoms in total. The summed E-state index contributed by atoms with van der Waals surface area (Å²) in [6.07, 6.45) is 3.18. The minimum absolute atomic E-state index is 0.00619. The van der Waals surface area contributed by atoms with E-state index in [2.05, 4.69) is 88.0 Å². The van der Waals surface area contributed by atoms with Crippen molar-refractivity contribution in [1.82, 2.24) is 0 Å². The fourth-order valence-electron chi connectivity index (χ4n) is 5.15. The van der Waals surface area contributed by atoms with Crippen LogP contribution in [-0.4, -0.2) is 22.5 Å². The molecule has 2 aromatic carbocycles. The van der Waals surface area contributed by atoms with Gasteiger partial charge in [-0.25, -0.2) is 0 Å². The lowest BCUT2D eigenvalue weighted by Crippen LogP contribution is -2.65. The van der Waals surface area contributed by atoms with Gasteiger partial charge in [-0.3, -0.25) is 4.79 Å². The van der Waals surface area contributed by atoms with Gasteiger partial charge >= 0.3 is 0 Å². The van der Waals surface area contributed by atoms with Gasteiger partial charge < -0.3 is 9.85 Å². The normalized spacial score (nSPS) is 18.5. The van der Waals surface area contributed by atoms with Gasteiger partial charge in [0.25, 0.3) is 0 Å². The Bertz CT molecular complexity index is 1170. The number of amides is 1. The van der Waals surface area contributed by atoms with Crippen molar-refractivity contribution in [2.75, 3.05) is 0 Å². The number of hydrogen-bond donors (Lipinski definition) is 1. The molecule has 2 aromatic rings. The Balaban J connectivity index is 2.17. The molecule has 164 valence electrons. The van der Waals surface area contributed by atoms with Gasteiger partial charge in [0.1, 0.15) is 0 Å².